The van der Waals surface area contributed by atoms with E-state index in [1.54, 1.807) is 0 Å². The Bertz CT molecular complexity index is 294. The summed E-state index contributed by atoms with van der Waals surface area (Å²) in [6, 6.07) is 5.83. The lowest BCUT2D eigenvalue weighted by Gasteiger charge is -2.23. The molecular formula is C13H21ClN2. The van der Waals surface area contributed by atoms with Crippen LogP contribution in [0.25, 0.3) is 0 Å². The summed E-state index contributed by atoms with van der Waals surface area (Å²) in [7, 11) is 0. The van der Waals surface area contributed by atoms with Crippen LogP contribution in [0, 0.1) is 0 Å². The van der Waals surface area contributed by atoms with Crippen LogP contribution >= 0.6 is 11.6 Å². The van der Waals surface area contributed by atoms with Gasteiger partial charge < -0.3 is 4.90 Å². The molecule has 3 heteroatoms. The Morgan fingerprint density at radius 1 is 1.12 bits per heavy atom. The van der Waals surface area contributed by atoms with Gasteiger partial charge in [0, 0.05) is 13.1 Å². The molecule has 0 bridgehead atoms. The number of anilines is 1. The van der Waals surface area contributed by atoms with E-state index in [4.69, 9.17) is 11.6 Å². The molecule has 16 heavy (non-hydrogen) atoms. The Morgan fingerprint density at radius 2 is 1.75 bits per heavy atom. The van der Waals surface area contributed by atoms with Crippen LogP contribution in [0.1, 0.15) is 39.5 Å². The van der Waals surface area contributed by atoms with Gasteiger partial charge in [-0.05, 0) is 25.0 Å². The third kappa shape index (κ3) is 4.40. The van der Waals surface area contributed by atoms with Crippen LogP contribution in [0.3, 0.4) is 0 Å². The Morgan fingerprint density at radius 3 is 2.25 bits per heavy atom. The Labute approximate surface area is 104 Å². The minimum atomic E-state index is 0.579. The van der Waals surface area contributed by atoms with E-state index in [0.717, 1.165) is 18.9 Å². The van der Waals surface area contributed by atoms with Crippen molar-refractivity contribution in [3.05, 3.63) is 23.4 Å². The van der Waals surface area contributed by atoms with Gasteiger partial charge in [0.1, 0.15) is 11.0 Å². The molecule has 0 unspecified atom stereocenters. The molecule has 1 rings (SSSR count). The topological polar surface area (TPSA) is 16.1 Å². The molecule has 90 valence electrons. The summed E-state index contributed by atoms with van der Waals surface area (Å²) < 4.78 is 0. The van der Waals surface area contributed by atoms with Crippen LogP contribution in [-0.2, 0) is 0 Å². The van der Waals surface area contributed by atoms with Gasteiger partial charge >= 0.3 is 0 Å². The van der Waals surface area contributed by atoms with Crippen molar-refractivity contribution in [2.75, 3.05) is 18.0 Å². The number of pyridine rings is 1. The van der Waals surface area contributed by atoms with E-state index < -0.39 is 0 Å². The van der Waals surface area contributed by atoms with E-state index in [1.807, 2.05) is 18.2 Å². The monoisotopic (exact) mass is 240 g/mol. The zero-order chi connectivity index (χ0) is 11.8. The van der Waals surface area contributed by atoms with Crippen LogP contribution in [0.15, 0.2) is 18.2 Å². The first-order chi connectivity index (χ1) is 7.77. The minimum absolute atomic E-state index is 0.579. The van der Waals surface area contributed by atoms with E-state index in [1.165, 1.54) is 25.7 Å². The first-order valence-corrected chi connectivity index (χ1v) is 6.53. The molecule has 2 nitrogen and oxygen atoms in total. The summed E-state index contributed by atoms with van der Waals surface area (Å²) in [4.78, 5) is 6.70. The maximum Gasteiger partial charge on any atom is 0.131 e. The lowest BCUT2D eigenvalue weighted by atomic mass is 10.2. The first kappa shape index (κ1) is 13.3. The van der Waals surface area contributed by atoms with Gasteiger partial charge in [0.25, 0.3) is 0 Å². The van der Waals surface area contributed by atoms with E-state index in [9.17, 15) is 0 Å². The fourth-order valence-corrected chi connectivity index (χ4v) is 1.77. The highest BCUT2D eigenvalue weighted by atomic mass is 35.5. The van der Waals surface area contributed by atoms with Gasteiger partial charge in [0.2, 0.25) is 0 Å². The summed E-state index contributed by atoms with van der Waals surface area (Å²) >= 11 is 5.92. The largest absolute Gasteiger partial charge is 0.357 e. The van der Waals surface area contributed by atoms with Gasteiger partial charge in [-0.1, -0.05) is 44.4 Å². The van der Waals surface area contributed by atoms with Gasteiger partial charge in [-0.3, -0.25) is 0 Å². The van der Waals surface area contributed by atoms with Crippen molar-refractivity contribution in [2.45, 2.75) is 39.5 Å². The van der Waals surface area contributed by atoms with Gasteiger partial charge in [0.05, 0.1) is 0 Å². The number of hydrogen-bond acceptors (Lipinski definition) is 2. The van der Waals surface area contributed by atoms with E-state index in [2.05, 4.69) is 23.7 Å². The van der Waals surface area contributed by atoms with Crippen LogP contribution in [0.2, 0.25) is 5.15 Å². The van der Waals surface area contributed by atoms with Gasteiger partial charge in [-0.15, -0.1) is 0 Å². The lowest BCUT2D eigenvalue weighted by molar-refractivity contribution is 0.671. The lowest BCUT2D eigenvalue weighted by Crippen LogP contribution is -2.26. The summed E-state index contributed by atoms with van der Waals surface area (Å²) in [6.45, 7) is 6.57. The molecule has 1 heterocycles. The fourth-order valence-electron chi connectivity index (χ4n) is 1.61. The molecule has 0 aliphatic rings. The summed E-state index contributed by atoms with van der Waals surface area (Å²) in [5.74, 6) is 1.01. The molecule has 0 aliphatic carbocycles. The smallest absolute Gasteiger partial charge is 0.131 e. The number of nitrogens with zero attached hydrogens (tertiary/aromatic N) is 2. The summed E-state index contributed by atoms with van der Waals surface area (Å²) in [5.41, 5.74) is 0. The highest BCUT2D eigenvalue weighted by Gasteiger charge is 2.06. The SMILES string of the molecule is CCCCN(CCCC)c1cccc(Cl)n1. The average Bonchev–Trinajstić information content (AvgIpc) is 2.29. The first-order valence-electron chi connectivity index (χ1n) is 6.15. The predicted molar refractivity (Wildman–Crippen MR) is 71.3 cm³/mol. The zero-order valence-corrected chi connectivity index (χ0v) is 11.0. The van der Waals surface area contributed by atoms with Crippen LogP contribution in [0.5, 0.6) is 0 Å². The molecule has 0 aromatic carbocycles. The van der Waals surface area contributed by atoms with Crippen molar-refractivity contribution in [1.82, 2.24) is 4.98 Å². The molecule has 1 aromatic rings. The Hall–Kier alpha value is -0.760. The zero-order valence-electron chi connectivity index (χ0n) is 10.2. The van der Waals surface area contributed by atoms with Crippen LogP contribution in [-0.4, -0.2) is 18.1 Å². The summed E-state index contributed by atoms with van der Waals surface area (Å²) in [5, 5.41) is 0.579. The van der Waals surface area contributed by atoms with E-state index in [-0.39, 0.29) is 0 Å². The fraction of sp³-hybridized carbons (Fsp3) is 0.615. The molecule has 0 atom stereocenters. The number of halogens is 1. The van der Waals surface area contributed by atoms with Crippen molar-refractivity contribution in [2.24, 2.45) is 0 Å². The van der Waals surface area contributed by atoms with Gasteiger partial charge in [-0.25, -0.2) is 4.98 Å². The number of hydrogen-bond donors (Lipinski definition) is 0. The van der Waals surface area contributed by atoms with Crippen molar-refractivity contribution >= 4 is 17.4 Å². The second kappa shape index (κ2) is 7.50. The average molecular weight is 241 g/mol. The molecular weight excluding hydrogens is 220 g/mol. The van der Waals surface area contributed by atoms with Gasteiger partial charge in [-0.2, -0.15) is 0 Å². The normalized spacial score (nSPS) is 10.4. The second-order valence-corrected chi connectivity index (χ2v) is 4.40. The molecule has 1 aromatic heterocycles. The molecule has 0 radical (unpaired) electrons. The maximum absolute atomic E-state index is 5.92. The minimum Gasteiger partial charge on any atom is -0.357 e. The van der Waals surface area contributed by atoms with Crippen molar-refractivity contribution in [1.29, 1.82) is 0 Å². The third-order valence-corrected chi connectivity index (χ3v) is 2.80. The number of rotatable bonds is 7. The maximum atomic E-state index is 5.92. The second-order valence-electron chi connectivity index (χ2n) is 4.01. The van der Waals surface area contributed by atoms with E-state index in [0.29, 0.717) is 5.15 Å². The molecule has 0 amide bonds. The van der Waals surface area contributed by atoms with Crippen molar-refractivity contribution in [3.8, 4) is 0 Å². The Balaban J connectivity index is 2.66. The molecule has 0 spiro atoms. The van der Waals surface area contributed by atoms with Crippen molar-refractivity contribution < 1.29 is 0 Å². The molecule has 0 fully saturated rings. The van der Waals surface area contributed by atoms with Gasteiger partial charge in [0.15, 0.2) is 0 Å². The molecule has 0 saturated carbocycles. The Kier molecular flexibility index (Phi) is 6.24. The van der Waals surface area contributed by atoms with E-state index >= 15 is 0 Å². The summed E-state index contributed by atoms with van der Waals surface area (Å²) in [6.07, 6.45) is 4.84. The third-order valence-electron chi connectivity index (χ3n) is 2.59. The van der Waals surface area contributed by atoms with Crippen LogP contribution < -0.4 is 4.90 Å². The standard InChI is InChI=1S/C13H21ClN2/c1-3-5-10-16(11-6-4-2)13-9-7-8-12(14)15-13/h7-9H,3-6,10-11H2,1-2H3. The number of unbranched alkanes of at least 4 members (excludes halogenated alkanes) is 2. The highest BCUT2D eigenvalue weighted by molar-refractivity contribution is 6.29. The van der Waals surface area contributed by atoms with Crippen LogP contribution in [0.4, 0.5) is 5.82 Å². The molecule has 0 N–H and O–H groups in total. The molecule has 0 aliphatic heterocycles. The molecule has 0 saturated heterocycles. The highest BCUT2D eigenvalue weighted by Crippen LogP contribution is 2.15. The quantitative estimate of drug-likeness (QED) is 0.666. The van der Waals surface area contributed by atoms with Crippen molar-refractivity contribution in [3.63, 3.8) is 0 Å². The number of aromatic nitrogens is 1. The predicted octanol–water partition coefficient (Wildman–Crippen LogP) is 4.14.